The number of nitrogens with zero attached hydrogens (tertiary/aromatic N) is 1. The first-order valence-corrected chi connectivity index (χ1v) is 7.33. The van der Waals surface area contributed by atoms with Crippen LogP contribution in [0, 0.1) is 5.82 Å². The minimum Gasteiger partial charge on any atom is -0.494 e. The minimum absolute atomic E-state index is 0.0888. The number of rotatable bonds is 7. The number of hydrogen-bond donors (Lipinski definition) is 2. The van der Waals surface area contributed by atoms with E-state index in [0.29, 0.717) is 12.1 Å². The van der Waals surface area contributed by atoms with Crippen molar-refractivity contribution in [2.24, 2.45) is 0 Å². The number of methoxy groups -OCH3 is 1. The summed E-state index contributed by atoms with van der Waals surface area (Å²) in [5.41, 5.74) is 0.578. The molecule has 0 radical (unpaired) electrons. The number of alkyl halides is 3. The molecule has 0 saturated carbocycles. The zero-order valence-electron chi connectivity index (χ0n) is 13.7. The number of carbonyl (C=O) groups excluding carboxylic acids is 2. The van der Waals surface area contributed by atoms with Crippen molar-refractivity contribution in [2.75, 3.05) is 26.7 Å². The van der Waals surface area contributed by atoms with Gasteiger partial charge in [-0.05, 0) is 24.2 Å². The summed E-state index contributed by atoms with van der Waals surface area (Å²) in [4.78, 5) is 24.5. The van der Waals surface area contributed by atoms with Crippen molar-refractivity contribution in [1.82, 2.24) is 15.5 Å². The Balaban J connectivity index is 2.53. The third-order valence-corrected chi connectivity index (χ3v) is 3.14. The van der Waals surface area contributed by atoms with Gasteiger partial charge in [0.2, 0.25) is 5.91 Å². The van der Waals surface area contributed by atoms with Gasteiger partial charge in [0, 0.05) is 6.54 Å². The van der Waals surface area contributed by atoms with Gasteiger partial charge in [0.05, 0.1) is 13.7 Å². The quantitative estimate of drug-likeness (QED) is 0.726. The molecule has 25 heavy (non-hydrogen) atoms. The predicted molar refractivity (Wildman–Crippen MR) is 81.5 cm³/mol. The zero-order valence-corrected chi connectivity index (χ0v) is 13.7. The van der Waals surface area contributed by atoms with Crippen LogP contribution < -0.4 is 15.4 Å². The van der Waals surface area contributed by atoms with Crippen LogP contribution >= 0.6 is 0 Å². The Kier molecular flexibility index (Phi) is 7.62. The third-order valence-electron chi connectivity index (χ3n) is 3.14. The first kappa shape index (κ1) is 20.7. The van der Waals surface area contributed by atoms with Gasteiger partial charge in [-0.2, -0.15) is 13.2 Å². The molecule has 1 aromatic carbocycles. The van der Waals surface area contributed by atoms with E-state index in [2.05, 4.69) is 0 Å². The molecular weight excluding hydrogens is 346 g/mol. The fourth-order valence-electron chi connectivity index (χ4n) is 1.94. The molecule has 2 N–H and O–H groups in total. The maximum Gasteiger partial charge on any atom is 0.405 e. The van der Waals surface area contributed by atoms with Gasteiger partial charge in [0.1, 0.15) is 6.54 Å². The molecule has 0 heterocycles. The van der Waals surface area contributed by atoms with E-state index in [1.807, 2.05) is 5.32 Å². The van der Waals surface area contributed by atoms with Crippen molar-refractivity contribution in [1.29, 1.82) is 0 Å². The fourth-order valence-corrected chi connectivity index (χ4v) is 1.94. The molecule has 0 aliphatic heterocycles. The Morgan fingerprint density at radius 3 is 2.48 bits per heavy atom. The molecule has 6 nitrogen and oxygen atoms in total. The number of carbonyl (C=O) groups is 2. The van der Waals surface area contributed by atoms with E-state index in [1.54, 1.807) is 17.9 Å². The molecule has 1 aromatic rings. The van der Waals surface area contributed by atoms with Gasteiger partial charge < -0.3 is 10.1 Å². The van der Waals surface area contributed by atoms with E-state index in [9.17, 15) is 27.2 Å². The molecule has 10 heteroatoms. The van der Waals surface area contributed by atoms with E-state index < -0.39 is 30.5 Å². The van der Waals surface area contributed by atoms with Crippen LogP contribution in [0.4, 0.5) is 22.4 Å². The second-order valence-electron chi connectivity index (χ2n) is 5.12. The molecule has 0 bridgehead atoms. The smallest absolute Gasteiger partial charge is 0.405 e. The van der Waals surface area contributed by atoms with Crippen LogP contribution in [0.15, 0.2) is 18.2 Å². The number of nitrogens with one attached hydrogen (secondary N) is 2. The fraction of sp³-hybridized carbons (Fsp3) is 0.467. The molecule has 1 rings (SSSR count). The summed E-state index contributed by atoms with van der Waals surface area (Å²) in [6, 6.07) is 3.10. The highest BCUT2D eigenvalue weighted by molar-refractivity contribution is 5.95. The van der Waals surface area contributed by atoms with Gasteiger partial charge in [-0.25, -0.2) is 9.18 Å². The lowest BCUT2D eigenvalue weighted by atomic mass is 10.2. The van der Waals surface area contributed by atoms with Gasteiger partial charge >= 0.3 is 12.2 Å². The van der Waals surface area contributed by atoms with Crippen LogP contribution in [0.2, 0.25) is 0 Å². The maximum atomic E-state index is 13.7. The highest BCUT2D eigenvalue weighted by Crippen LogP contribution is 2.18. The monoisotopic (exact) mass is 365 g/mol. The van der Waals surface area contributed by atoms with Crippen LogP contribution in [-0.2, 0) is 11.3 Å². The molecule has 0 fully saturated rings. The second-order valence-corrected chi connectivity index (χ2v) is 5.12. The van der Waals surface area contributed by atoms with Crippen molar-refractivity contribution in [3.8, 4) is 5.75 Å². The number of imide groups is 1. The van der Waals surface area contributed by atoms with Crippen molar-refractivity contribution >= 4 is 11.9 Å². The van der Waals surface area contributed by atoms with Gasteiger partial charge in [-0.15, -0.1) is 0 Å². The third kappa shape index (κ3) is 7.84. The Hall–Kier alpha value is -2.36. The van der Waals surface area contributed by atoms with Gasteiger partial charge in [-0.1, -0.05) is 13.0 Å². The van der Waals surface area contributed by atoms with Crippen molar-refractivity contribution in [2.45, 2.75) is 19.6 Å². The summed E-state index contributed by atoms with van der Waals surface area (Å²) in [5.74, 6) is -1.23. The largest absolute Gasteiger partial charge is 0.494 e. The number of likely N-dealkylation sites (N-methyl/N-ethyl adjacent to an activating group) is 1. The summed E-state index contributed by atoms with van der Waals surface area (Å²) in [7, 11) is 1.34. The number of hydrogen-bond acceptors (Lipinski definition) is 4. The van der Waals surface area contributed by atoms with E-state index in [4.69, 9.17) is 4.74 Å². The summed E-state index contributed by atoms with van der Waals surface area (Å²) in [6.45, 7) is 0.607. The summed E-state index contributed by atoms with van der Waals surface area (Å²) in [5, 5.41) is 3.34. The number of amides is 3. The lowest BCUT2D eigenvalue weighted by Crippen LogP contribution is -2.46. The van der Waals surface area contributed by atoms with E-state index in [1.165, 1.54) is 24.6 Å². The lowest BCUT2D eigenvalue weighted by molar-refractivity contribution is -0.125. The lowest BCUT2D eigenvalue weighted by Gasteiger charge is -2.20. The maximum absolute atomic E-state index is 13.7. The Morgan fingerprint density at radius 2 is 1.96 bits per heavy atom. The Morgan fingerprint density at radius 1 is 1.28 bits per heavy atom. The summed E-state index contributed by atoms with van der Waals surface area (Å²) >= 11 is 0. The average molecular weight is 365 g/mol. The summed E-state index contributed by atoms with van der Waals surface area (Å²) in [6.07, 6.45) is -4.56. The Bertz CT molecular complexity index is 608. The summed E-state index contributed by atoms with van der Waals surface area (Å²) < 4.78 is 54.4. The molecule has 0 aromatic heterocycles. The first-order chi connectivity index (χ1) is 11.6. The van der Waals surface area contributed by atoms with Crippen LogP contribution in [0.5, 0.6) is 5.75 Å². The molecule has 3 amide bonds. The number of benzene rings is 1. The van der Waals surface area contributed by atoms with Crippen LogP contribution in [0.3, 0.4) is 0 Å². The van der Waals surface area contributed by atoms with E-state index in [0.717, 1.165) is 0 Å². The van der Waals surface area contributed by atoms with Gasteiger partial charge in [0.15, 0.2) is 11.6 Å². The van der Waals surface area contributed by atoms with Crippen molar-refractivity contribution in [3.05, 3.63) is 29.6 Å². The van der Waals surface area contributed by atoms with Crippen LogP contribution in [0.25, 0.3) is 0 Å². The number of ether oxygens (including phenoxy) is 1. The molecule has 0 atom stereocenters. The molecule has 0 aliphatic carbocycles. The predicted octanol–water partition coefficient (Wildman–Crippen LogP) is 2.04. The standard InChI is InChI=1S/C15H19F4N3O3/c1-3-22(7-10-4-5-12(25-2)11(16)6-10)8-13(23)21-14(24)20-9-15(17,18)19/h4-6H,3,7-9H2,1-2H3,(H2,20,21,23,24). The van der Waals surface area contributed by atoms with Crippen LogP contribution in [-0.4, -0.2) is 49.8 Å². The average Bonchev–Trinajstić information content (AvgIpc) is 2.51. The highest BCUT2D eigenvalue weighted by atomic mass is 19.4. The van der Waals surface area contributed by atoms with E-state index >= 15 is 0 Å². The minimum atomic E-state index is -4.56. The SMILES string of the molecule is CCN(CC(=O)NC(=O)NCC(F)(F)F)Cc1ccc(OC)c(F)c1. The molecule has 140 valence electrons. The molecule has 0 aliphatic rings. The molecule has 0 spiro atoms. The van der Waals surface area contributed by atoms with Gasteiger partial charge in [0.25, 0.3) is 0 Å². The Labute approximate surface area is 142 Å². The van der Waals surface area contributed by atoms with Crippen molar-refractivity contribution < 1.29 is 31.9 Å². The normalized spacial score (nSPS) is 11.3. The molecule has 0 saturated heterocycles. The number of urea groups is 1. The topological polar surface area (TPSA) is 70.7 Å². The van der Waals surface area contributed by atoms with Gasteiger partial charge in [-0.3, -0.25) is 15.0 Å². The zero-order chi connectivity index (χ0) is 19.0. The first-order valence-electron chi connectivity index (χ1n) is 7.33. The van der Waals surface area contributed by atoms with Crippen LogP contribution in [0.1, 0.15) is 12.5 Å². The van der Waals surface area contributed by atoms with E-state index in [-0.39, 0.29) is 18.8 Å². The molecular formula is C15H19F4N3O3. The molecule has 0 unspecified atom stereocenters. The second kappa shape index (κ2) is 9.21. The highest BCUT2D eigenvalue weighted by Gasteiger charge is 2.28. The van der Waals surface area contributed by atoms with Crippen molar-refractivity contribution in [3.63, 3.8) is 0 Å². The number of halogens is 4.